The Hall–Kier alpha value is -2.51. The van der Waals surface area contributed by atoms with Gasteiger partial charge in [-0.2, -0.15) is 0 Å². The summed E-state index contributed by atoms with van der Waals surface area (Å²) in [4.78, 5) is 20.5. The van der Waals surface area contributed by atoms with E-state index in [9.17, 15) is 9.18 Å². The lowest BCUT2D eigenvalue weighted by atomic mass is 10.1. The van der Waals surface area contributed by atoms with Crippen LogP contribution in [0.3, 0.4) is 0 Å². The number of quaternary nitrogens is 1. The smallest absolute Gasteiger partial charge is 0.233 e. The average molecular weight is 403 g/mol. The van der Waals surface area contributed by atoms with E-state index < -0.39 is 0 Å². The van der Waals surface area contributed by atoms with Gasteiger partial charge in [0.05, 0.1) is 38.9 Å². The van der Waals surface area contributed by atoms with Gasteiger partial charge in [-0.3, -0.25) is 9.69 Å². The zero-order valence-corrected chi connectivity index (χ0v) is 17.2. The second kappa shape index (κ2) is 9.12. The number of carbonyl (C=O) groups excluding carboxylic acids is 1. The summed E-state index contributed by atoms with van der Waals surface area (Å²) in [5, 5.41) is 0.548. The molecule has 0 aliphatic rings. The van der Waals surface area contributed by atoms with Gasteiger partial charge in [-0.25, -0.2) is 9.37 Å². The Morgan fingerprint density at radius 1 is 1.21 bits per heavy atom. The molecule has 3 rings (SSSR count). The van der Waals surface area contributed by atoms with E-state index in [1.165, 1.54) is 22.3 Å². The van der Waals surface area contributed by atoms with Crippen molar-refractivity contribution < 1.29 is 18.8 Å². The summed E-state index contributed by atoms with van der Waals surface area (Å²) in [7, 11) is 5.77. The number of nitrogens with zero attached hydrogens (tertiary/aromatic N) is 2. The van der Waals surface area contributed by atoms with Crippen molar-refractivity contribution >= 4 is 32.6 Å². The fourth-order valence-corrected chi connectivity index (χ4v) is 3.97. The molecule has 148 valence electrons. The molecule has 0 saturated heterocycles. The fraction of sp³-hybridized carbons (Fsp3) is 0.333. The molecule has 1 aromatic heterocycles. The number of fused-ring (bicyclic) bond motifs is 1. The van der Waals surface area contributed by atoms with Gasteiger partial charge < -0.3 is 9.64 Å². The highest BCUT2D eigenvalue weighted by atomic mass is 32.1. The third-order valence-corrected chi connectivity index (χ3v) is 5.51. The van der Waals surface area contributed by atoms with Crippen molar-refractivity contribution in [3.8, 4) is 5.75 Å². The highest BCUT2D eigenvalue weighted by Gasteiger charge is 2.21. The minimum absolute atomic E-state index is 0.0432. The first kappa shape index (κ1) is 20.2. The number of rotatable bonds is 8. The van der Waals surface area contributed by atoms with Crippen molar-refractivity contribution in [2.45, 2.75) is 12.8 Å². The van der Waals surface area contributed by atoms with Crippen LogP contribution in [0.1, 0.15) is 12.0 Å². The van der Waals surface area contributed by atoms with Crippen molar-refractivity contribution in [2.75, 3.05) is 39.2 Å². The zero-order valence-electron chi connectivity index (χ0n) is 16.4. The molecule has 2 aromatic carbocycles. The lowest BCUT2D eigenvalue weighted by Gasteiger charge is -2.20. The van der Waals surface area contributed by atoms with E-state index in [4.69, 9.17) is 4.74 Å². The molecular formula is C21H25FN3O2S+. The molecule has 0 aliphatic heterocycles. The second-order valence-corrected chi connectivity index (χ2v) is 7.97. The first-order valence-electron chi connectivity index (χ1n) is 9.25. The van der Waals surface area contributed by atoms with Crippen LogP contribution in [0, 0.1) is 5.82 Å². The van der Waals surface area contributed by atoms with Gasteiger partial charge in [0, 0.05) is 13.0 Å². The number of nitrogens with one attached hydrogen (secondary N) is 1. The van der Waals surface area contributed by atoms with Crippen LogP contribution in [0.2, 0.25) is 0 Å². The Kier molecular flexibility index (Phi) is 6.59. The standard InChI is InChI=1S/C21H24FN3O2S/c1-24(2)12-5-13-25(19(26)14-15-8-10-16(27-3)11-9-15)21-23-20-17(22)6-4-7-18(20)28-21/h4,6-11H,5,12-14H2,1-3H3/p+1. The first-order chi connectivity index (χ1) is 13.5. The molecule has 7 heteroatoms. The van der Waals surface area contributed by atoms with Crippen LogP contribution in [0.25, 0.3) is 10.2 Å². The Balaban J connectivity index is 1.83. The molecule has 0 spiro atoms. The van der Waals surface area contributed by atoms with Crippen molar-refractivity contribution in [1.82, 2.24) is 4.98 Å². The first-order valence-corrected chi connectivity index (χ1v) is 10.1. The Bertz CT molecular complexity index is 940. The number of thiazole rings is 1. The van der Waals surface area contributed by atoms with Crippen molar-refractivity contribution in [3.05, 3.63) is 53.8 Å². The Morgan fingerprint density at radius 2 is 1.96 bits per heavy atom. The van der Waals surface area contributed by atoms with E-state index in [2.05, 4.69) is 19.1 Å². The topological polar surface area (TPSA) is 46.9 Å². The third kappa shape index (κ3) is 4.85. The Morgan fingerprint density at radius 3 is 2.61 bits per heavy atom. The zero-order chi connectivity index (χ0) is 20.1. The molecule has 0 atom stereocenters. The highest BCUT2D eigenvalue weighted by Crippen LogP contribution is 2.30. The predicted octanol–water partition coefficient (Wildman–Crippen LogP) is 2.55. The van der Waals surface area contributed by atoms with Gasteiger partial charge in [0.25, 0.3) is 0 Å². The molecule has 0 unspecified atom stereocenters. The molecule has 1 N–H and O–H groups in total. The molecule has 0 aliphatic carbocycles. The van der Waals surface area contributed by atoms with Gasteiger partial charge in [0.2, 0.25) is 5.91 Å². The molecule has 5 nitrogen and oxygen atoms in total. The number of hydrogen-bond donors (Lipinski definition) is 1. The van der Waals surface area contributed by atoms with Crippen molar-refractivity contribution in [1.29, 1.82) is 0 Å². The van der Waals surface area contributed by atoms with E-state index >= 15 is 0 Å². The number of amides is 1. The molecule has 0 saturated carbocycles. The van der Waals surface area contributed by atoms with Gasteiger partial charge in [0.15, 0.2) is 5.13 Å². The molecule has 0 radical (unpaired) electrons. The highest BCUT2D eigenvalue weighted by molar-refractivity contribution is 7.22. The largest absolute Gasteiger partial charge is 0.497 e. The fourth-order valence-electron chi connectivity index (χ4n) is 2.95. The van der Waals surface area contributed by atoms with Gasteiger partial charge in [0.1, 0.15) is 17.1 Å². The number of methoxy groups -OCH3 is 1. The van der Waals surface area contributed by atoms with Crippen LogP contribution in [0.15, 0.2) is 42.5 Å². The quantitative estimate of drug-likeness (QED) is 0.630. The number of ether oxygens (including phenoxy) is 1. The van der Waals surface area contributed by atoms with Crippen LogP contribution in [-0.2, 0) is 11.2 Å². The number of aromatic nitrogens is 1. The summed E-state index contributed by atoms with van der Waals surface area (Å²) < 4.78 is 20.0. The normalized spacial score (nSPS) is 11.2. The van der Waals surface area contributed by atoms with Crippen LogP contribution in [-0.4, -0.2) is 45.2 Å². The summed E-state index contributed by atoms with van der Waals surface area (Å²) in [6, 6.07) is 12.3. The maximum absolute atomic E-state index is 14.1. The predicted molar refractivity (Wildman–Crippen MR) is 111 cm³/mol. The van der Waals surface area contributed by atoms with E-state index in [1.54, 1.807) is 18.1 Å². The molecule has 0 bridgehead atoms. The minimum Gasteiger partial charge on any atom is -0.497 e. The van der Waals surface area contributed by atoms with Gasteiger partial charge in [-0.1, -0.05) is 29.5 Å². The van der Waals surface area contributed by atoms with Gasteiger partial charge in [-0.15, -0.1) is 0 Å². The number of hydrogen-bond acceptors (Lipinski definition) is 4. The van der Waals surface area contributed by atoms with Gasteiger partial charge in [-0.05, 0) is 29.8 Å². The van der Waals surface area contributed by atoms with Crippen LogP contribution in [0.4, 0.5) is 9.52 Å². The Labute approximate surface area is 168 Å². The number of carbonyl (C=O) groups is 1. The third-order valence-electron chi connectivity index (χ3n) is 4.46. The number of benzene rings is 2. The van der Waals surface area contributed by atoms with Crippen LogP contribution in [0.5, 0.6) is 5.75 Å². The summed E-state index contributed by atoms with van der Waals surface area (Å²) in [5.74, 6) is 0.349. The molecule has 28 heavy (non-hydrogen) atoms. The summed E-state index contributed by atoms with van der Waals surface area (Å²) in [6.45, 7) is 1.49. The van der Waals surface area contributed by atoms with Crippen LogP contribution < -0.4 is 14.5 Å². The molecular weight excluding hydrogens is 377 g/mol. The van der Waals surface area contributed by atoms with E-state index in [-0.39, 0.29) is 18.1 Å². The van der Waals surface area contributed by atoms with Crippen molar-refractivity contribution in [3.63, 3.8) is 0 Å². The number of halogens is 1. The summed E-state index contributed by atoms with van der Waals surface area (Å²) >= 11 is 1.35. The lowest BCUT2D eigenvalue weighted by molar-refractivity contribution is -0.858. The SMILES string of the molecule is COc1ccc(CC(=O)N(CCC[NH+](C)C)c2nc3c(F)cccc3s2)cc1. The monoisotopic (exact) mass is 402 g/mol. The van der Waals surface area contributed by atoms with E-state index in [0.717, 1.165) is 29.0 Å². The molecule has 1 amide bonds. The maximum Gasteiger partial charge on any atom is 0.233 e. The summed E-state index contributed by atoms with van der Waals surface area (Å²) in [5.41, 5.74) is 1.23. The maximum atomic E-state index is 14.1. The number of anilines is 1. The molecule has 1 heterocycles. The van der Waals surface area contributed by atoms with Gasteiger partial charge >= 0.3 is 0 Å². The molecule has 0 fully saturated rings. The van der Waals surface area contributed by atoms with Crippen molar-refractivity contribution in [2.24, 2.45) is 0 Å². The van der Waals surface area contributed by atoms with E-state index in [1.807, 2.05) is 30.3 Å². The summed E-state index contributed by atoms with van der Waals surface area (Å²) in [6.07, 6.45) is 1.10. The average Bonchev–Trinajstić information content (AvgIpc) is 3.11. The lowest BCUT2D eigenvalue weighted by Crippen LogP contribution is -3.05. The minimum atomic E-state index is -0.361. The van der Waals surface area contributed by atoms with E-state index in [0.29, 0.717) is 17.2 Å². The number of para-hydroxylation sites is 1. The second-order valence-electron chi connectivity index (χ2n) is 6.96. The molecule has 3 aromatic rings. The van der Waals surface area contributed by atoms with Crippen LogP contribution >= 0.6 is 11.3 Å².